The molecule has 1 N–H and O–H groups in total. The number of carbonyl (C=O) groups is 1. The summed E-state index contributed by atoms with van der Waals surface area (Å²) < 4.78 is 14.5. The smallest absolute Gasteiger partial charge is 0.228 e. The van der Waals surface area contributed by atoms with E-state index in [4.69, 9.17) is 5.11 Å². The first-order chi connectivity index (χ1) is 10.7. The van der Waals surface area contributed by atoms with E-state index < -0.39 is 0 Å². The van der Waals surface area contributed by atoms with Gasteiger partial charge in [-0.15, -0.1) is 0 Å². The molecule has 1 aliphatic rings. The van der Waals surface area contributed by atoms with Crippen LogP contribution in [0.25, 0.3) is 5.69 Å². The van der Waals surface area contributed by atoms with Crippen molar-refractivity contribution in [2.24, 2.45) is 0 Å². The van der Waals surface area contributed by atoms with Crippen molar-refractivity contribution in [3.63, 3.8) is 0 Å². The molecule has 0 aliphatic heterocycles. The van der Waals surface area contributed by atoms with Crippen LogP contribution in [-0.2, 0) is 11.2 Å². The Labute approximate surface area is 128 Å². The molecule has 1 amide bonds. The van der Waals surface area contributed by atoms with Crippen LogP contribution < -0.4 is 0 Å². The van der Waals surface area contributed by atoms with Crippen molar-refractivity contribution in [3.05, 3.63) is 48.0 Å². The van der Waals surface area contributed by atoms with Gasteiger partial charge in [0.1, 0.15) is 5.82 Å². The van der Waals surface area contributed by atoms with Gasteiger partial charge in [-0.2, -0.15) is 5.10 Å². The van der Waals surface area contributed by atoms with E-state index in [2.05, 4.69) is 5.10 Å². The van der Waals surface area contributed by atoms with Gasteiger partial charge in [-0.1, -0.05) is 0 Å². The zero-order valence-corrected chi connectivity index (χ0v) is 12.2. The van der Waals surface area contributed by atoms with Crippen LogP contribution in [0.5, 0.6) is 0 Å². The second-order valence-electron chi connectivity index (χ2n) is 5.45. The predicted molar refractivity (Wildman–Crippen MR) is 79.0 cm³/mol. The average molecular weight is 303 g/mol. The first-order valence-corrected chi connectivity index (χ1v) is 7.38. The quantitative estimate of drug-likeness (QED) is 0.880. The molecule has 1 fully saturated rings. The van der Waals surface area contributed by atoms with Gasteiger partial charge in [-0.05, 0) is 43.2 Å². The van der Waals surface area contributed by atoms with Crippen molar-refractivity contribution in [2.45, 2.75) is 25.3 Å². The fourth-order valence-corrected chi connectivity index (χ4v) is 2.45. The van der Waals surface area contributed by atoms with Gasteiger partial charge in [-0.3, -0.25) is 4.79 Å². The molecule has 0 unspecified atom stereocenters. The summed E-state index contributed by atoms with van der Waals surface area (Å²) in [6.45, 7) is 0.356. The number of benzene rings is 1. The van der Waals surface area contributed by atoms with Gasteiger partial charge in [0.05, 0.1) is 24.4 Å². The Hall–Kier alpha value is -2.21. The SMILES string of the molecule is O=C(Cc1ccn(-c2ccc(F)cc2)n1)N(CCO)C1CC1. The van der Waals surface area contributed by atoms with Crippen LogP contribution in [0.4, 0.5) is 4.39 Å². The molecule has 0 atom stereocenters. The highest BCUT2D eigenvalue weighted by molar-refractivity contribution is 5.79. The number of aliphatic hydroxyl groups is 1. The van der Waals surface area contributed by atoms with Crippen molar-refractivity contribution in [2.75, 3.05) is 13.2 Å². The molecule has 0 bridgehead atoms. The van der Waals surface area contributed by atoms with Crippen molar-refractivity contribution < 1.29 is 14.3 Å². The van der Waals surface area contributed by atoms with Gasteiger partial charge in [-0.25, -0.2) is 9.07 Å². The lowest BCUT2D eigenvalue weighted by Crippen LogP contribution is -2.36. The van der Waals surface area contributed by atoms with Crippen LogP contribution in [0, 0.1) is 5.82 Å². The second-order valence-corrected chi connectivity index (χ2v) is 5.45. The van der Waals surface area contributed by atoms with E-state index in [1.54, 1.807) is 34.0 Å². The summed E-state index contributed by atoms with van der Waals surface area (Å²) in [7, 11) is 0. The molecule has 3 rings (SSSR count). The van der Waals surface area contributed by atoms with Gasteiger partial charge in [0.15, 0.2) is 0 Å². The summed E-state index contributed by atoms with van der Waals surface area (Å²) in [5.41, 5.74) is 1.41. The maximum absolute atomic E-state index is 12.9. The second kappa shape index (κ2) is 6.27. The number of amides is 1. The third-order valence-corrected chi connectivity index (χ3v) is 3.72. The van der Waals surface area contributed by atoms with Crippen LogP contribution in [-0.4, -0.2) is 44.9 Å². The molecule has 116 valence electrons. The molecular formula is C16H18FN3O2. The normalized spacial score (nSPS) is 14.1. The zero-order valence-electron chi connectivity index (χ0n) is 12.2. The third-order valence-electron chi connectivity index (χ3n) is 3.72. The van der Waals surface area contributed by atoms with Gasteiger partial charge in [0.25, 0.3) is 0 Å². The zero-order chi connectivity index (χ0) is 15.5. The van der Waals surface area contributed by atoms with E-state index in [1.807, 2.05) is 0 Å². The maximum Gasteiger partial charge on any atom is 0.228 e. The van der Waals surface area contributed by atoms with Gasteiger partial charge >= 0.3 is 0 Å². The lowest BCUT2D eigenvalue weighted by Gasteiger charge is -2.20. The standard InChI is InChI=1S/C16H18FN3O2/c17-12-1-3-15(4-2-12)20-8-7-13(18-20)11-16(22)19(9-10-21)14-5-6-14/h1-4,7-8,14,21H,5-6,9-11H2. The molecule has 1 aromatic heterocycles. The molecular weight excluding hydrogens is 285 g/mol. The average Bonchev–Trinajstić information content (AvgIpc) is 3.25. The van der Waals surface area contributed by atoms with E-state index >= 15 is 0 Å². The molecule has 0 saturated heterocycles. The Balaban J connectivity index is 1.68. The molecule has 1 aliphatic carbocycles. The Morgan fingerprint density at radius 2 is 2.05 bits per heavy atom. The molecule has 22 heavy (non-hydrogen) atoms. The Morgan fingerprint density at radius 1 is 1.32 bits per heavy atom. The molecule has 1 heterocycles. The van der Waals surface area contributed by atoms with E-state index in [-0.39, 0.29) is 30.8 Å². The lowest BCUT2D eigenvalue weighted by molar-refractivity contribution is -0.131. The summed E-state index contributed by atoms with van der Waals surface area (Å²) in [5.74, 6) is -0.309. The summed E-state index contributed by atoms with van der Waals surface area (Å²) in [6.07, 6.45) is 3.99. The molecule has 0 radical (unpaired) electrons. The third kappa shape index (κ3) is 3.33. The Kier molecular flexibility index (Phi) is 4.20. The summed E-state index contributed by atoms with van der Waals surface area (Å²) in [5, 5.41) is 13.4. The molecule has 5 nitrogen and oxygen atoms in total. The highest BCUT2D eigenvalue weighted by Crippen LogP contribution is 2.27. The van der Waals surface area contributed by atoms with Crippen LogP contribution in [0.15, 0.2) is 36.5 Å². The first-order valence-electron chi connectivity index (χ1n) is 7.38. The topological polar surface area (TPSA) is 58.4 Å². The number of rotatable bonds is 6. The van der Waals surface area contributed by atoms with Crippen molar-refractivity contribution >= 4 is 5.91 Å². The van der Waals surface area contributed by atoms with Crippen LogP contribution in [0.2, 0.25) is 0 Å². The van der Waals surface area contributed by atoms with Gasteiger partial charge in [0, 0.05) is 18.8 Å². The number of hydrogen-bond acceptors (Lipinski definition) is 3. The van der Waals surface area contributed by atoms with Crippen LogP contribution in [0.1, 0.15) is 18.5 Å². The number of aromatic nitrogens is 2. The monoisotopic (exact) mass is 303 g/mol. The molecule has 0 spiro atoms. The number of hydrogen-bond donors (Lipinski definition) is 1. The fraction of sp³-hybridized carbons (Fsp3) is 0.375. The molecule has 6 heteroatoms. The minimum absolute atomic E-state index is 0.0130. The number of aliphatic hydroxyl groups excluding tert-OH is 1. The van der Waals surface area contributed by atoms with E-state index in [0.29, 0.717) is 12.2 Å². The Bertz CT molecular complexity index is 650. The molecule has 1 saturated carbocycles. The largest absolute Gasteiger partial charge is 0.395 e. The lowest BCUT2D eigenvalue weighted by atomic mass is 10.2. The van der Waals surface area contributed by atoms with Crippen molar-refractivity contribution in [1.29, 1.82) is 0 Å². The van der Waals surface area contributed by atoms with Crippen LogP contribution >= 0.6 is 0 Å². The van der Waals surface area contributed by atoms with Crippen LogP contribution in [0.3, 0.4) is 0 Å². The first kappa shape index (κ1) is 14.7. The minimum atomic E-state index is -0.296. The Morgan fingerprint density at radius 3 is 2.68 bits per heavy atom. The predicted octanol–water partition coefficient (Wildman–Crippen LogP) is 1.54. The fourth-order valence-electron chi connectivity index (χ4n) is 2.45. The highest BCUT2D eigenvalue weighted by atomic mass is 19.1. The highest BCUT2D eigenvalue weighted by Gasteiger charge is 2.32. The summed E-state index contributed by atoms with van der Waals surface area (Å²) >= 11 is 0. The van der Waals surface area contributed by atoms with E-state index in [0.717, 1.165) is 18.5 Å². The number of halogens is 1. The van der Waals surface area contributed by atoms with Gasteiger partial charge in [0.2, 0.25) is 5.91 Å². The molecule has 2 aromatic rings. The number of carbonyl (C=O) groups excluding carboxylic acids is 1. The maximum atomic E-state index is 12.9. The van der Waals surface area contributed by atoms with E-state index in [9.17, 15) is 9.18 Å². The molecule has 1 aromatic carbocycles. The minimum Gasteiger partial charge on any atom is -0.395 e. The number of nitrogens with zero attached hydrogens (tertiary/aromatic N) is 3. The van der Waals surface area contributed by atoms with Crippen molar-refractivity contribution in [3.8, 4) is 5.69 Å². The van der Waals surface area contributed by atoms with Gasteiger partial charge < -0.3 is 10.0 Å². The summed E-state index contributed by atoms with van der Waals surface area (Å²) in [4.78, 5) is 14.0. The van der Waals surface area contributed by atoms with Crippen molar-refractivity contribution in [1.82, 2.24) is 14.7 Å². The van der Waals surface area contributed by atoms with E-state index in [1.165, 1.54) is 12.1 Å². The summed E-state index contributed by atoms with van der Waals surface area (Å²) in [6, 6.07) is 8.08.